The molecule has 1 fully saturated rings. The second-order valence-corrected chi connectivity index (χ2v) is 7.06. The number of anilines is 2. The van der Waals surface area contributed by atoms with Crippen LogP contribution in [-0.4, -0.2) is 43.3 Å². The molecule has 0 saturated carbocycles. The van der Waals surface area contributed by atoms with E-state index in [1.165, 1.54) is 12.1 Å². The maximum Gasteiger partial charge on any atom is 0.173 e. The monoisotopic (exact) mass is 391 g/mol. The molecule has 1 aliphatic heterocycles. The number of nitrogens with one attached hydrogen (secondary N) is 1. The van der Waals surface area contributed by atoms with E-state index in [-0.39, 0.29) is 0 Å². The van der Waals surface area contributed by atoms with E-state index in [0.717, 1.165) is 28.6 Å². The molecular formula is C20H23F2N3OS. The van der Waals surface area contributed by atoms with Crippen molar-refractivity contribution in [1.82, 2.24) is 4.90 Å². The van der Waals surface area contributed by atoms with Gasteiger partial charge in [0, 0.05) is 37.9 Å². The number of hydrogen-bond acceptors (Lipinski definition) is 3. The third kappa shape index (κ3) is 4.47. The molecule has 4 nitrogen and oxygen atoms in total. The molecule has 2 aromatic rings. The molecule has 1 heterocycles. The fourth-order valence-corrected chi connectivity index (χ4v) is 3.43. The summed E-state index contributed by atoms with van der Waals surface area (Å²) in [6.07, 6.45) is 0. The Balaban J connectivity index is 1.64. The molecule has 0 amide bonds. The van der Waals surface area contributed by atoms with Crippen LogP contribution in [-0.2, 0) is 0 Å². The van der Waals surface area contributed by atoms with Gasteiger partial charge in [0.2, 0.25) is 0 Å². The first-order valence-corrected chi connectivity index (χ1v) is 9.20. The second kappa shape index (κ2) is 8.08. The maximum absolute atomic E-state index is 13.4. The molecule has 1 N–H and O–H groups in total. The fourth-order valence-electron chi connectivity index (χ4n) is 3.14. The summed E-state index contributed by atoms with van der Waals surface area (Å²) in [5, 5.41) is 3.88. The number of halogens is 2. The summed E-state index contributed by atoms with van der Waals surface area (Å²) in [6.45, 7) is 6.67. The van der Waals surface area contributed by atoms with E-state index in [1.54, 1.807) is 7.11 Å². The van der Waals surface area contributed by atoms with Crippen LogP contribution in [0.25, 0.3) is 0 Å². The second-order valence-electron chi connectivity index (χ2n) is 6.67. The van der Waals surface area contributed by atoms with Crippen molar-refractivity contribution in [2.45, 2.75) is 13.8 Å². The van der Waals surface area contributed by atoms with Gasteiger partial charge in [-0.15, -0.1) is 0 Å². The molecule has 0 atom stereocenters. The minimum absolute atomic E-state index is 0.557. The molecule has 0 unspecified atom stereocenters. The topological polar surface area (TPSA) is 27.7 Å². The zero-order valence-electron chi connectivity index (χ0n) is 15.7. The first kappa shape index (κ1) is 19.4. The molecule has 1 aliphatic rings. The summed E-state index contributed by atoms with van der Waals surface area (Å²) in [4.78, 5) is 4.01. The third-order valence-electron chi connectivity index (χ3n) is 4.84. The van der Waals surface area contributed by atoms with E-state index < -0.39 is 11.6 Å². The predicted octanol–water partition coefficient (Wildman–Crippen LogP) is 4.11. The molecule has 1 saturated heterocycles. The van der Waals surface area contributed by atoms with Crippen LogP contribution in [0.4, 0.5) is 20.2 Å². The molecule has 0 aromatic heterocycles. The SMILES string of the molecule is COc1cc(C)c(C)cc1NC(=S)N1CCN(c2cc(F)cc(F)c2)CC1. The van der Waals surface area contributed by atoms with E-state index in [2.05, 4.69) is 10.2 Å². The van der Waals surface area contributed by atoms with Crippen LogP contribution < -0.4 is 15.0 Å². The van der Waals surface area contributed by atoms with Crippen molar-refractivity contribution in [3.8, 4) is 5.75 Å². The lowest BCUT2D eigenvalue weighted by Crippen LogP contribution is -2.50. The van der Waals surface area contributed by atoms with Crippen LogP contribution in [0.15, 0.2) is 30.3 Å². The minimum atomic E-state index is -0.563. The lowest BCUT2D eigenvalue weighted by molar-refractivity contribution is 0.389. The number of thiocarbonyl (C=S) groups is 1. The van der Waals surface area contributed by atoms with Crippen molar-refractivity contribution >= 4 is 28.7 Å². The highest BCUT2D eigenvalue weighted by atomic mass is 32.1. The Labute approximate surface area is 163 Å². The fraction of sp³-hybridized carbons (Fsp3) is 0.350. The Kier molecular flexibility index (Phi) is 5.79. The van der Waals surface area contributed by atoms with Crippen molar-refractivity contribution < 1.29 is 13.5 Å². The maximum atomic E-state index is 13.4. The number of piperazine rings is 1. The van der Waals surface area contributed by atoms with Crippen molar-refractivity contribution in [2.24, 2.45) is 0 Å². The Hall–Kier alpha value is -2.41. The number of nitrogens with zero attached hydrogens (tertiary/aromatic N) is 2. The summed E-state index contributed by atoms with van der Waals surface area (Å²) >= 11 is 5.56. The molecule has 27 heavy (non-hydrogen) atoms. The highest BCUT2D eigenvalue weighted by molar-refractivity contribution is 7.80. The van der Waals surface area contributed by atoms with Crippen molar-refractivity contribution in [3.05, 3.63) is 53.1 Å². The van der Waals surface area contributed by atoms with Crippen LogP contribution in [0.2, 0.25) is 0 Å². The van der Waals surface area contributed by atoms with Gasteiger partial charge in [0.1, 0.15) is 17.4 Å². The quantitative estimate of drug-likeness (QED) is 0.795. The van der Waals surface area contributed by atoms with Crippen LogP contribution in [0, 0.1) is 25.5 Å². The normalized spacial score (nSPS) is 14.3. The number of rotatable bonds is 3. The van der Waals surface area contributed by atoms with E-state index in [4.69, 9.17) is 17.0 Å². The molecule has 0 aliphatic carbocycles. The van der Waals surface area contributed by atoms with Gasteiger partial charge in [-0.3, -0.25) is 0 Å². The number of ether oxygens (including phenoxy) is 1. The minimum Gasteiger partial charge on any atom is -0.495 e. The zero-order valence-corrected chi connectivity index (χ0v) is 16.5. The van der Waals surface area contributed by atoms with Crippen LogP contribution in [0.5, 0.6) is 5.75 Å². The first-order chi connectivity index (χ1) is 12.9. The summed E-state index contributed by atoms with van der Waals surface area (Å²) in [6, 6.07) is 7.60. The highest BCUT2D eigenvalue weighted by Gasteiger charge is 2.21. The highest BCUT2D eigenvalue weighted by Crippen LogP contribution is 2.28. The van der Waals surface area contributed by atoms with Gasteiger partial charge in [-0.2, -0.15) is 0 Å². The third-order valence-corrected chi connectivity index (χ3v) is 5.20. The molecule has 3 rings (SSSR count). The van der Waals surface area contributed by atoms with Gasteiger partial charge in [-0.05, 0) is 61.5 Å². The summed E-state index contributed by atoms with van der Waals surface area (Å²) in [5.41, 5.74) is 3.69. The number of benzene rings is 2. The molecule has 2 aromatic carbocycles. The Morgan fingerprint density at radius 2 is 1.56 bits per heavy atom. The lowest BCUT2D eigenvalue weighted by Gasteiger charge is -2.37. The average molecular weight is 391 g/mol. The largest absolute Gasteiger partial charge is 0.495 e. The molecule has 0 radical (unpaired) electrons. The summed E-state index contributed by atoms with van der Waals surface area (Å²) in [7, 11) is 1.63. The van der Waals surface area contributed by atoms with Gasteiger partial charge >= 0.3 is 0 Å². The number of hydrogen-bond donors (Lipinski definition) is 1. The molecular weight excluding hydrogens is 368 g/mol. The Morgan fingerprint density at radius 1 is 0.963 bits per heavy atom. The van der Waals surface area contributed by atoms with E-state index in [0.29, 0.717) is 37.0 Å². The first-order valence-electron chi connectivity index (χ1n) is 8.79. The smallest absolute Gasteiger partial charge is 0.173 e. The Bertz CT molecular complexity index is 831. The van der Waals surface area contributed by atoms with Crippen molar-refractivity contribution in [2.75, 3.05) is 43.5 Å². The van der Waals surface area contributed by atoms with Gasteiger partial charge in [0.05, 0.1) is 12.8 Å². The number of methoxy groups -OCH3 is 1. The van der Waals surface area contributed by atoms with Crippen LogP contribution >= 0.6 is 12.2 Å². The van der Waals surface area contributed by atoms with Gasteiger partial charge in [0.25, 0.3) is 0 Å². The molecule has 0 bridgehead atoms. The van der Waals surface area contributed by atoms with Crippen molar-refractivity contribution in [1.29, 1.82) is 0 Å². The summed E-state index contributed by atoms with van der Waals surface area (Å²) < 4.78 is 32.3. The standard InChI is InChI=1S/C20H23F2N3OS/c1-13-8-18(19(26-3)9-14(13)2)23-20(27)25-6-4-24(5-7-25)17-11-15(21)10-16(22)12-17/h8-12H,4-7H2,1-3H3,(H,23,27). The Morgan fingerprint density at radius 3 is 2.15 bits per heavy atom. The predicted molar refractivity (Wildman–Crippen MR) is 109 cm³/mol. The van der Waals surface area contributed by atoms with Crippen LogP contribution in [0.1, 0.15) is 11.1 Å². The van der Waals surface area contributed by atoms with Crippen molar-refractivity contribution in [3.63, 3.8) is 0 Å². The average Bonchev–Trinajstić information content (AvgIpc) is 2.63. The van der Waals surface area contributed by atoms with Crippen LogP contribution in [0.3, 0.4) is 0 Å². The van der Waals surface area contributed by atoms with Gasteiger partial charge < -0.3 is 19.9 Å². The molecule has 7 heteroatoms. The van der Waals surface area contributed by atoms with E-state index in [9.17, 15) is 8.78 Å². The van der Waals surface area contributed by atoms with Gasteiger partial charge in [-0.25, -0.2) is 8.78 Å². The van der Waals surface area contributed by atoms with Gasteiger partial charge in [-0.1, -0.05) is 0 Å². The van der Waals surface area contributed by atoms with E-state index in [1.807, 2.05) is 30.9 Å². The molecule has 144 valence electrons. The summed E-state index contributed by atoms with van der Waals surface area (Å²) in [5.74, 6) is -0.382. The van der Waals surface area contributed by atoms with E-state index >= 15 is 0 Å². The zero-order chi connectivity index (χ0) is 19.6. The van der Waals surface area contributed by atoms with Gasteiger partial charge in [0.15, 0.2) is 5.11 Å². The number of aryl methyl sites for hydroxylation is 2. The lowest BCUT2D eigenvalue weighted by atomic mass is 10.1. The molecule has 0 spiro atoms.